The van der Waals surface area contributed by atoms with Crippen LogP contribution >= 0.6 is 0 Å². The second kappa shape index (κ2) is 6.21. The lowest BCUT2D eigenvalue weighted by molar-refractivity contribution is -0.134. The molecule has 2 saturated heterocycles. The maximum Gasteiger partial charge on any atom is 0.317 e. The zero-order chi connectivity index (χ0) is 13.8. The lowest BCUT2D eigenvalue weighted by atomic mass is 10.1. The van der Waals surface area contributed by atoms with E-state index in [4.69, 9.17) is 10.5 Å². The number of urea groups is 1. The molecule has 0 spiro atoms. The van der Waals surface area contributed by atoms with Crippen molar-refractivity contribution in [2.75, 3.05) is 39.9 Å². The van der Waals surface area contributed by atoms with Gasteiger partial charge in [-0.25, -0.2) is 4.79 Å². The first-order valence-corrected chi connectivity index (χ1v) is 6.71. The minimum Gasteiger partial charge on any atom is -0.385 e. The van der Waals surface area contributed by atoms with Crippen LogP contribution < -0.4 is 11.1 Å². The number of piperazine rings is 1. The molecule has 7 nitrogen and oxygen atoms in total. The largest absolute Gasteiger partial charge is 0.385 e. The van der Waals surface area contributed by atoms with Crippen LogP contribution in [-0.4, -0.2) is 73.7 Å². The van der Waals surface area contributed by atoms with Gasteiger partial charge >= 0.3 is 6.03 Å². The third-order valence-electron chi connectivity index (χ3n) is 3.72. The van der Waals surface area contributed by atoms with Crippen molar-refractivity contribution in [2.45, 2.75) is 24.9 Å². The maximum atomic E-state index is 12.2. The molecule has 0 aromatic heterocycles. The Morgan fingerprint density at radius 2 is 2.37 bits per heavy atom. The normalized spacial score (nSPS) is 24.1. The Labute approximate surface area is 113 Å². The average Bonchev–Trinajstić information content (AvgIpc) is 2.79. The van der Waals surface area contributed by atoms with Gasteiger partial charge in [-0.1, -0.05) is 0 Å². The Kier molecular flexibility index (Phi) is 4.60. The van der Waals surface area contributed by atoms with E-state index in [2.05, 4.69) is 5.32 Å². The summed E-state index contributed by atoms with van der Waals surface area (Å²) in [6.45, 7) is 2.97. The fourth-order valence-electron chi connectivity index (χ4n) is 2.61. The van der Waals surface area contributed by atoms with Crippen molar-refractivity contribution in [3.63, 3.8) is 0 Å². The molecule has 0 radical (unpaired) electrons. The van der Waals surface area contributed by atoms with Crippen molar-refractivity contribution in [1.29, 1.82) is 0 Å². The monoisotopic (exact) mass is 270 g/mol. The van der Waals surface area contributed by atoms with E-state index in [1.807, 2.05) is 0 Å². The molecule has 2 atom stereocenters. The molecule has 0 aromatic carbocycles. The van der Waals surface area contributed by atoms with Crippen LogP contribution in [0.25, 0.3) is 0 Å². The standard InChI is InChI=1S/C12H22N4O3/c1-19-6-2-3-10(13)11(17)15-4-5-16-9(8-15)7-14-12(16)18/h9-10H,2-8,13H2,1H3,(H,14,18). The molecule has 2 aliphatic heterocycles. The molecular weight excluding hydrogens is 248 g/mol. The molecule has 0 saturated carbocycles. The summed E-state index contributed by atoms with van der Waals surface area (Å²) in [5.74, 6) is -0.0184. The van der Waals surface area contributed by atoms with Crippen LogP contribution in [0.1, 0.15) is 12.8 Å². The van der Waals surface area contributed by atoms with Crippen LogP contribution in [0.15, 0.2) is 0 Å². The summed E-state index contributed by atoms with van der Waals surface area (Å²) in [5.41, 5.74) is 5.91. The van der Waals surface area contributed by atoms with Crippen molar-refractivity contribution >= 4 is 11.9 Å². The number of hydrogen-bond acceptors (Lipinski definition) is 4. The number of nitrogens with two attached hydrogens (primary N) is 1. The summed E-state index contributed by atoms with van der Waals surface area (Å²) < 4.78 is 4.95. The first-order chi connectivity index (χ1) is 9.13. The Bertz CT molecular complexity index is 350. The number of rotatable bonds is 5. The summed E-state index contributed by atoms with van der Waals surface area (Å²) in [6, 6.07) is -0.398. The van der Waals surface area contributed by atoms with Crippen molar-refractivity contribution in [1.82, 2.24) is 15.1 Å². The van der Waals surface area contributed by atoms with Gasteiger partial charge in [-0.2, -0.15) is 0 Å². The molecule has 3 amide bonds. The van der Waals surface area contributed by atoms with E-state index in [1.54, 1.807) is 16.9 Å². The first-order valence-electron chi connectivity index (χ1n) is 6.71. The minimum absolute atomic E-state index is 0.0184. The number of carbonyl (C=O) groups is 2. The van der Waals surface area contributed by atoms with E-state index >= 15 is 0 Å². The van der Waals surface area contributed by atoms with E-state index in [9.17, 15) is 9.59 Å². The predicted molar refractivity (Wildman–Crippen MR) is 69.6 cm³/mol. The Hall–Kier alpha value is -1.34. The van der Waals surface area contributed by atoms with Crippen molar-refractivity contribution in [3.8, 4) is 0 Å². The molecule has 2 unspecified atom stereocenters. The summed E-state index contributed by atoms with van der Waals surface area (Å²) >= 11 is 0. The third-order valence-corrected chi connectivity index (χ3v) is 3.72. The van der Waals surface area contributed by atoms with Gasteiger partial charge in [0.05, 0.1) is 12.1 Å². The maximum absolute atomic E-state index is 12.2. The number of nitrogens with zero attached hydrogens (tertiary/aromatic N) is 2. The Morgan fingerprint density at radius 1 is 1.58 bits per heavy atom. The number of ether oxygens (including phenoxy) is 1. The molecule has 7 heteroatoms. The lowest BCUT2D eigenvalue weighted by Gasteiger charge is -2.37. The molecule has 0 bridgehead atoms. The molecule has 108 valence electrons. The second-order valence-corrected chi connectivity index (χ2v) is 5.06. The minimum atomic E-state index is -0.466. The predicted octanol–water partition coefficient (Wildman–Crippen LogP) is -1.02. The van der Waals surface area contributed by atoms with Crippen molar-refractivity contribution in [3.05, 3.63) is 0 Å². The zero-order valence-corrected chi connectivity index (χ0v) is 11.3. The highest BCUT2D eigenvalue weighted by molar-refractivity contribution is 5.82. The lowest BCUT2D eigenvalue weighted by Crippen LogP contribution is -2.56. The Morgan fingerprint density at radius 3 is 3.11 bits per heavy atom. The van der Waals surface area contributed by atoms with E-state index in [1.165, 1.54) is 0 Å². The highest BCUT2D eigenvalue weighted by Gasteiger charge is 2.37. The third kappa shape index (κ3) is 3.16. The van der Waals surface area contributed by atoms with E-state index in [0.717, 1.165) is 6.42 Å². The second-order valence-electron chi connectivity index (χ2n) is 5.06. The number of fused-ring (bicyclic) bond motifs is 1. The molecule has 3 N–H and O–H groups in total. The van der Waals surface area contributed by atoms with E-state index in [-0.39, 0.29) is 18.0 Å². The molecule has 0 aromatic rings. The summed E-state index contributed by atoms with van der Waals surface area (Å²) in [5, 5.41) is 2.79. The quantitative estimate of drug-likeness (QED) is 0.626. The number of amides is 3. The van der Waals surface area contributed by atoms with Crippen LogP contribution in [0.2, 0.25) is 0 Å². The summed E-state index contributed by atoms with van der Waals surface area (Å²) in [7, 11) is 1.64. The van der Waals surface area contributed by atoms with Gasteiger partial charge in [0.15, 0.2) is 0 Å². The Balaban J connectivity index is 1.82. The zero-order valence-electron chi connectivity index (χ0n) is 11.3. The number of hydrogen-bond donors (Lipinski definition) is 2. The van der Waals surface area contributed by atoms with Gasteiger partial charge in [0.25, 0.3) is 0 Å². The molecule has 2 rings (SSSR count). The van der Waals surface area contributed by atoms with Gasteiger partial charge in [0, 0.05) is 39.9 Å². The number of methoxy groups -OCH3 is 1. The number of nitrogens with one attached hydrogen (secondary N) is 1. The van der Waals surface area contributed by atoms with Gasteiger partial charge in [0.1, 0.15) is 0 Å². The molecular formula is C12H22N4O3. The highest BCUT2D eigenvalue weighted by Crippen LogP contribution is 2.15. The van der Waals surface area contributed by atoms with Crippen LogP contribution in [-0.2, 0) is 9.53 Å². The van der Waals surface area contributed by atoms with Crippen molar-refractivity contribution < 1.29 is 14.3 Å². The van der Waals surface area contributed by atoms with Gasteiger partial charge in [-0.3, -0.25) is 4.79 Å². The summed E-state index contributed by atoms with van der Waals surface area (Å²) in [4.78, 5) is 27.2. The highest BCUT2D eigenvalue weighted by atomic mass is 16.5. The molecule has 2 heterocycles. The molecule has 2 aliphatic rings. The van der Waals surface area contributed by atoms with E-state index in [0.29, 0.717) is 39.2 Å². The SMILES string of the molecule is COCCCC(N)C(=O)N1CCN2C(=O)NCC2C1. The molecule has 19 heavy (non-hydrogen) atoms. The van der Waals surface area contributed by atoms with E-state index < -0.39 is 6.04 Å². The fourth-order valence-corrected chi connectivity index (χ4v) is 2.61. The van der Waals surface area contributed by atoms with Gasteiger partial charge in [-0.15, -0.1) is 0 Å². The molecule has 2 fully saturated rings. The van der Waals surface area contributed by atoms with Crippen LogP contribution in [0.4, 0.5) is 4.79 Å². The van der Waals surface area contributed by atoms with Gasteiger partial charge in [-0.05, 0) is 12.8 Å². The fraction of sp³-hybridized carbons (Fsp3) is 0.833. The van der Waals surface area contributed by atoms with Gasteiger partial charge < -0.3 is 25.6 Å². The van der Waals surface area contributed by atoms with Gasteiger partial charge in [0.2, 0.25) is 5.91 Å². The van der Waals surface area contributed by atoms with Crippen molar-refractivity contribution in [2.24, 2.45) is 5.73 Å². The number of carbonyl (C=O) groups excluding carboxylic acids is 2. The van der Waals surface area contributed by atoms with Crippen LogP contribution in [0.3, 0.4) is 0 Å². The molecule has 0 aliphatic carbocycles. The first kappa shape index (κ1) is 14.1. The van der Waals surface area contributed by atoms with Crippen LogP contribution in [0, 0.1) is 0 Å². The topological polar surface area (TPSA) is 87.9 Å². The van der Waals surface area contributed by atoms with Crippen LogP contribution in [0.5, 0.6) is 0 Å². The average molecular weight is 270 g/mol. The summed E-state index contributed by atoms with van der Waals surface area (Å²) in [6.07, 6.45) is 1.42. The smallest absolute Gasteiger partial charge is 0.317 e.